The van der Waals surface area contributed by atoms with Crippen LogP contribution in [0.2, 0.25) is 0 Å². The van der Waals surface area contributed by atoms with Gasteiger partial charge in [0.2, 0.25) is 5.91 Å². The molecule has 1 rings (SSSR count). The smallest absolute Gasteiger partial charge is 0.327 e. The van der Waals surface area contributed by atoms with Gasteiger partial charge in [-0.05, 0) is 0 Å². The molecule has 0 aromatic carbocycles. The van der Waals surface area contributed by atoms with E-state index in [1.54, 1.807) is 5.38 Å². The van der Waals surface area contributed by atoms with Crippen molar-refractivity contribution < 1.29 is 23.1 Å². The molecule has 100 valence electrons. The topological polar surface area (TPSA) is 113 Å². The second kappa shape index (κ2) is 5.91. The first kappa shape index (κ1) is 14.6. The first-order valence-corrected chi connectivity index (χ1v) is 7.59. The fraction of sp³-hybridized carbons (Fsp3) is 0.444. The molecule has 7 nitrogen and oxygen atoms in total. The van der Waals surface area contributed by atoms with Gasteiger partial charge in [-0.1, -0.05) is 0 Å². The van der Waals surface area contributed by atoms with Crippen LogP contribution in [0.3, 0.4) is 0 Å². The highest BCUT2D eigenvalue weighted by Crippen LogP contribution is 2.10. The molecule has 0 aliphatic rings. The molecule has 1 heterocycles. The van der Waals surface area contributed by atoms with Gasteiger partial charge in [-0.2, -0.15) is 0 Å². The van der Waals surface area contributed by atoms with Crippen LogP contribution in [0, 0.1) is 0 Å². The molecule has 1 amide bonds. The van der Waals surface area contributed by atoms with Crippen molar-refractivity contribution in [2.45, 2.75) is 18.7 Å². The molecule has 0 bridgehead atoms. The highest BCUT2D eigenvalue weighted by atomic mass is 32.2. The average Bonchev–Trinajstić information content (AvgIpc) is 2.67. The molecule has 0 spiro atoms. The molecule has 0 radical (unpaired) electrons. The summed E-state index contributed by atoms with van der Waals surface area (Å²) < 4.78 is 23.5. The van der Waals surface area contributed by atoms with E-state index in [1.807, 2.05) is 0 Å². The van der Waals surface area contributed by atoms with E-state index in [0.29, 0.717) is 5.01 Å². The Morgan fingerprint density at radius 3 is 2.67 bits per heavy atom. The van der Waals surface area contributed by atoms with Gasteiger partial charge in [-0.15, -0.1) is 11.3 Å². The lowest BCUT2D eigenvalue weighted by Crippen LogP contribution is -2.44. The molecule has 9 heteroatoms. The predicted octanol–water partition coefficient (Wildman–Crippen LogP) is -0.353. The summed E-state index contributed by atoms with van der Waals surface area (Å²) in [4.78, 5) is 25.4. The van der Waals surface area contributed by atoms with Crippen molar-refractivity contribution in [3.05, 3.63) is 16.6 Å². The van der Waals surface area contributed by atoms with Gasteiger partial charge in [0.15, 0.2) is 9.84 Å². The quantitative estimate of drug-likeness (QED) is 0.740. The number of rotatable bonds is 6. The predicted molar refractivity (Wildman–Crippen MR) is 64.8 cm³/mol. The van der Waals surface area contributed by atoms with Crippen LogP contribution in [0.5, 0.6) is 0 Å². The summed E-state index contributed by atoms with van der Waals surface area (Å²) in [5, 5.41) is 12.9. The van der Waals surface area contributed by atoms with Gasteiger partial charge >= 0.3 is 5.97 Å². The van der Waals surface area contributed by atoms with Crippen molar-refractivity contribution in [2.24, 2.45) is 0 Å². The number of aliphatic carboxylic acids is 1. The minimum absolute atomic E-state index is 0.325. The monoisotopic (exact) mass is 292 g/mol. The lowest BCUT2D eigenvalue weighted by Gasteiger charge is -2.12. The molecule has 0 saturated heterocycles. The molecule has 0 unspecified atom stereocenters. The molecule has 0 aliphatic carbocycles. The van der Waals surface area contributed by atoms with Crippen LogP contribution in [-0.4, -0.2) is 42.2 Å². The molecule has 1 aromatic heterocycles. The minimum atomic E-state index is -3.64. The van der Waals surface area contributed by atoms with Gasteiger partial charge in [0.1, 0.15) is 16.8 Å². The van der Waals surface area contributed by atoms with Crippen molar-refractivity contribution in [3.63, 3.8) is 0 Å². The molecule has 1 aromatic rings. The van der Waals surface area contributed by atoms with Gasteiger partial charge in [0.05, 0.1) is 5.75 Å². The van der Waals surface area contributed by atoms with Crippen molar-refractivity contribution in [2.75, 3.05) is 5.75 Å². The number of nitrogens with zero attached hydrogens (tertiary/aromatic N) is 1. The Kier molecular flexibility index (Phi) is 4.79. The highest BCUT2D eigenvalue weighted by Gasteiger charge is 2.26. The van der Waals surface area contributed by atoms with Crippen LogP contribution in [0.4, 0.5) is 0 Å². The number of sulfone groups is 1. The number of hydrogen-bond donors (Lipinski definition) is 2. The Hall–Kier alpha value is -1.48. The molecular weight excluding hydrogens is 280 g/mol. The zero-order valence-corrected chi connectivity index (χ0v) is 11.1. The molecule has 1 atom stereocenters. The van der Waals surface area contributed by atoms with Gasteiger partial charge in [0, 0.05) is 18.5 Å². The maximum Gasteiger partial charge on any atom is 0.327 e. The van der Waals surface area contributed by atoms with Gasteiger partial charge in [0.25, 0.3) is 0 Å². The van der Waals surface area contributed by atoms with Crippen molar-refractivity contribution in [1.29, 1.82) is 0 Å². The molecule has 0 aliphatic heterocycles. The van der Waals surface area contributed by atoms with Crippen LogP contribution >= 0.6 is 11.3 Å². The third-order valence-corrected chi connectivity index (χ3v) is 4.44. The third-order valence-electron chi connectivity index (χ3n) is 1.92. The summed E-state index contributed by atoms with van der Waals surface area (Å²) in [5.74, 6) is -2.95. The minimum Gasteiger partial charge on any atom is -0.480 e. The van der Waals surface area contributed by atoms with Crippen molar-refractivity contribution in [1.82, 2.24) is 10.3 Å². The Balaban J connectivity index is 2.73. The average molecular weight is 292 g/mol. The highest BCUT2D eigenvalue weighted by molar-refractivity contribution is 7.90. The molecular formula is C9H12N2O5S2. The number of carbonyl (C=O) groups excluding carboxylic acids is 1. The van der Waals surface area contributed by atoms with Crippen LogP contribution in [-0.2, 0) is 25.2 Å². The van der Waals surface area contributed by atoms with E-state index in [2.05, 4.69) is 10.3 Å². The van der Waals surface area contributed by atoms with Crippen LogP contribution in [0.15, 0.2) is 11.6 Å². The standard InChI is InChI=1S/C9H12N2O5S2/c1-6(12)11-7(9(13)14)4-18(15,16)5-8-10-2-3-17-8/h2-3,7H,4-5H2,1H3,(H,11,12)(H,13,14)/t7-/m0/s1. The van der Waals surface area contributed by atoms with Crippen molar-refractivity contribution in [3.8, 4) is 0 Å². The number of aromatic nitrogens is 1. The van der Waals surface area contributed by atoms with E-state index in [9.17, 15) is 18.0 Å². The van der Waals surface area contributed by atoms with Gasteiger partial charge < -0.3 is 10.4 Å². The fourth-order valence-electron chi connectivity index (χ4n) is 1.25. The van der Waals surface area contributed by atoms with E-state index >= 15 is 0 Å². The number of thiazole rings is 1. The maximum atomic E-state index is 11.7. The largest absolute Gasteiger partial charge is 0.480 e. The Bertz CT molecular complexity index is 523. The van der Waals surface area contributed by atoms with Crippen molar-refractivity contribution >= 4 is 33.1 Å². The van der Waals surface area contributed by atoms with Crippen LogP contribution < -0.4 is 5.32 Å². The van der Waals surface area contributed by atoms with Gasteiger partial charge in [-0.25, -0.2) is 18.2 Å². The number of hydrogen-bond acceptors (Lipinski definition) is 6. The van der Waals surface area contributed by atoms with E-state index in [-0.39, 0.29) is 5.75 Å². The van der Waals surface area contributed by atoms with E-state index in [0.717, 1.165) is 6.92 Å². The molecule has 0 fully saturated rings. The summed E-state index contributed by atoms with van der Waals surface area (Å²) >= 11 is 1.17. The van der Waals surface area contributed by atoms with E-state index in [4.69, 9.17) is 5.11 Å². The third kappa shape index (κ3) is 4.80. The number of amides is 1. The second-order valence-corrected chi connectivity index (χ2v) is 6.66. The Morgan fingerprint density at radius 2 is 2.22 bits per heavy atom. The number of nitrogens with one attached hydrogen (secondary N) is 1. The summed E-state index contributed by atoms with van der Waals surface area (Å²) in [7, 11) is -3.64. The normalized spacial score (nSPS) is 12.9. The Labute approximate surface area is 108 Å². The first-order valence-electron chi connectivity index (χ1n) is 4.89. The number of carboxylic acid groups (broad SMARTS) is 1. The first-order chi connectivity index (χ1) is 8.30. The van der Waals surface area contributed by atoms with Crippen LogP contribution in [0.1, 0.15) is 11.9 Å². The Morgan fingerprint density at radius 1 is 1.56 bits per heavy atom. The van der Waals surface area contributed by atoms with E-state index in [1.165, 1.54) is 17.5 Å². The zero-order chi connectivity index (χ0) is 13.8. The number of carboxylic acids is 1. The lowest BCUT2D eigenvalue weighted by atomic mass is 10.3. The summed E-state index contributed by atoms with van der Waals surface area (Å²) in [5.41, 5.74) is 0. The second-order valence-electron chi connectivity index (χ2n) is 3.57. The summed E-state index contributed by atoms with van der Waals surface area (Å²) in [6, 6.07) is -1.44. The summed E-state index contributed by atoms with van der Waals surface area (Å²) in [6.45, 7) is 1.13. The lowest BCUT2D eigenvalue weighted by molar-refractivity contribution is -0.140. The maximum absolute atomic E-state index is 11.7. The zero-order valence-electron chi connectivity index (χ0n) is 9.49. The molecule has 18 heavy (non-hydrogen) atoms. The van der Waals surface area contributed by atoms with Crippen LogP contribution in [0.25, 0.3) is 0 Å². The SMILES string of the molecule is CC(=O)N[C@@H](CS(=O)(=O)Cc1nccs1)C(=O)O. The van der Waals surface area contributed by atoms with E-state index < -0.39 is 33.5 Å². The number of carbonyl (C=O) groups is 2. The molecule has 2 N–H and O–H groups in total. The molecule has 0 saturated carbocycles. The summed E-state index contributed by atoms with van der Waals surface area (Å²) in [6.07, 6.45) is 1.47. The fourth-order valence-corrected chi connectivity index (χ4v) is 3.76. The van der Waals surface area contributed by atoms with Gasteiger partial charge in [-0.3, -0.25) is 4.79 Å².